The summed E-state index contributed by atoms with van der Waals surface area (Å²) in [5.41, 5.74) is 0.0336. The van der Waals surface area contributed by atoms with Gasteiger partial charge in [0, 0.05) is 11.6 Å². The van der Waals surface area contributed by atoms with E-state index in [9.17, 15) is 4.79 Å². The van der Waals surface area contributed by atoms with Crippen molar-refractivity contribution in [3.63, 3.8) is 0 Å². The maximum absolute atomic E-state index is 11.9. The Hall–Kier alpha value is -2.01. The highest BCUT2D eigenvalue weighted by Crippen LogP contribution is 2.27. The van der Waals surface area contributed by atoms with Gasteiger partial charge >= 0.3 is 5.97 Å². The van der Waals surface area contributed by atoms with Gasteiger partial charge in [0.1, 0.15) is 29.4 Å². The second-order valence-corrected chi connectivity index (χ2v) is 5.38. The van der Waals surface area contributed by atoms with Crippen LogP contribution in [0.3, 0.4) is 0 Å². The normalized spacial score (nSPS) is 22.7. The average Bonchev–Trinajstić information content (AvgIpc) is 2.61. The smallest absolute Gasteiger partial charge is 0.329 e. The lowest BCUT2D eigenvalue weighted by Gasteiger charge is -2.22. The molecule has 0 saturated carbocycles. The van der Waals surface area contributed by atoms with Crippen LogP contribution in [0.25, 0.3) is 0 Å². The first-order valence-electron chi connectivity index (χ1n) is 5.82. The SMILES string of the molecule is C[C@H]1C[C@@H](C(=O)OC(C)(C)C)NC1=C(C#N)C#N. The van der Waals surface area contributed by atoms with E-state index in [1.807, 2.05) is 19.1 Å². The van der Waals surface area contributed by atoms with Gasteiger partial charge in [-0.15, -0.1) is 0 Å². The summed E-state index contributed by atoms with van der Waals surface area (Å²) in [5.74, 6) is -0.364. The quantitative estimate of drug-likeness (QED) is 0.562. The number of hydrogen-bond acceptors (Lipinski definition) is 5. The average molecular weight is 247 g/mol. The molecule has 0 spiro atoms. The summed E-state index contributed by atoms with van der Waals surface area (Å²) in [7, 11) is 0. The molecule has 0 amide bonds. The molecule has 0 unspecified atom stereocenters. The molecule has 0 aromatic heterocycles. The third-order valence-electron chi connectivity index (χ3n) is 2.60. The fourth-order valence-electron chi connectivity index (χ4n) is 1.85. The molecule has 5 heteroatoms. The third-order valence-corrected chi connectivity index (χ3v) is 2.60. The highest BCUT2D eigenvalue weighted by Gasteiger charge is 2.35. The fourth-order valence-corrected chi connectivity index (χ4v) is 1.85. The first-order valence-corrected chi connectivity index (χ1v) is 5.82. The van der Waals surface area contributed by atoms with Gasteiger partial charge in [0.15, 0.2) is 0 Å². The van der Waals surface area contributed by atoms with Crippen LogP contribution in [0.5, 0.6) is 0 Å². The second kappa shape index (κ2) is 5.10. The van der Waals surface area contributed by atoms with Gasteiger partial charge in [-0.1, -0.05) is 6.92 Å². The van der Waals surface area contributed by atoms with Crippen LogP contribution in [-0.4, -0.2) is 17.6 Å². The molecule has 5 nitrogen and oxygen atoms in total. The van der Waals surface area contributed by atoms with Crippen LogP contribution in [0, 0.1) is 28.6 Å². The lowest BCUT2D eigenvalue weighted by Crippen LogP contribution is -2.37. The number of carbonyl (C=O) groups is 1. The lowest BCUT2D eigenvalue weighted by molar-refractivity contribution is -0.157. The Morgan fingerprint density at radius 2 is 1.94 bits per heavy atom. The molecule has 1 aliphatic heterocycles. The van der Waals surface area contributed by atoms with Crippen molar-refractivity contribution in [1.82, 2.24) is 5.32 Å². The van der Waals surface area contributed by atoms with Crippen molar-refractivity contribution in [1.29, 1.82) is 10.5 Å². The van der Waals surface area contributed by atoms with Crippen LogP contribution in [0.2, 0.25) is 0 Å². The van der Waals surface area contributed by atoms with Crippen molar-refractivity contribution in [2.24, 2.45) is 5.92 Å². The van der Waals surface area contributed by atoms with Gasteiger partial charge < -0.3 is 10.1 Å². The molecule has 1 aliphatic rings. The topological polar surface area (TPSA) is 85.9 Å². The van der Waals surface area contributed by atoms with Crippen LogP contribution in [0.4, 0.5) is 0 Å². The number of nitriles is 2. The molecule has 0 aromatic carbocycles. The van der Waals surface area contributed by atoms with E-state index < -0.39 is 11.6 Å². The lowest BCUT2D eigenvalue weighted by atomic mass is 10.0. The van der Waals surface area contributed by atoms with E-state index >= 15 is 0 Å². The molecule has 96 valence electrons. The minimum Gasteiger partial charge on any atom is -0.458 e. The Kier molecular flexibility index (Phi) is 3.98. The molecule has 0 radical (unpaired) electrons. The zero-order valence-corrected chi connectivity index (χ0v) is 11.1. The Morgan fingerprint density at radius 1 is 1.39 bits per heavy atom. The summed E-state index contributed by atoms with van der Waals surface area (Å²) >= 11 is 0. The van der Waals surface area contributed by atoms with Crippen molar-refractivity contribution in [3.05, 3.63) is 11.3 Å². The van der Waals surface area contributed by atoms with Gasteiger partial charge in [-0.05, 0) is 27.2 Å². The van der Waals surface area contributed by atoms with Gasteiger partial charge in [0.25, 0.3) is 0 Å². The Bertz CT molecular complexity index is 444. The monoisotopic (exact) mass is 247 g/mol. The second-order valence-electron chi connectivity index (χ2n) is 5.38. The van der Waals surface area contributed by atoms with E-state index in [0.717, 1.165) is 0 Å². The maximum atomic E-state index is 11.9. The summed E-state index contributed by atoms with van der Waals surface area (Å²) in [5, 5.41) is 20.6. The molecule has 0 bridgehead atoms. The van der Waals surface area contributed by atoms with Crippen molar-refractivity contribution in [2.45, 2.75) is 45.8 Å². The third kappa shape index (κ3) is 3.24. The van der Waals surface area contributed by atoms with Gasteiger partial charge in [-0.2, -0.15) is 10.5 Å². The predicted octanol–water partition coefficient (Wildman–Crippen LogP) is 1.63. The number of esters is 1. The molecular formula is C13H17N3O2. The zero-order chi connectivity index (χ0) is 13.9. The summed E-state index contributed by atoms with van der Waals surface area (Å²) in [6, 6.07) is 3.19. The van der Waals surface area contributed by atoms with E-state index in [1.165, 1.54) is 0 Å². The van der Waals surface area contributed by atoms with Crippen molar-refractivity contribution in [2.75, 3.05) is 0 Å². The number of allylic oxidation sites excluding steroid dienone is 2. The van der Waals surface area contributed by atoms with Crippen molar-refractivity contribution >= 4 is 5.97 Å². The number of nitrogens with one attached hydrogen (secondary N) is 1. The molecule has 18 heavy (non-hydrogen) atoms. The summed E-state index contributed by atoms with van der Waals surface area (Å²) in [6.07, 6.45) is 0.539. The summed E-state index contributed by atoms with van der Waals surface area (Å²) < 4.78 is 5.28. The van der Waals surface area contributed by atoms with Crippen LogP contribution in [0.15, 0.2) is 11.3 Å². The van der Waals surface area contributed by atoms with Crippen LogP contribution >= 0.6 is 0 Å². The van der Waals surface area contributed by atoms with Gasteiger partial charge in [0.2, 0.25) is 0 Å². The molecule has 0 aromatic rings. The van der Waals surface area contributed by atoms with Crippen LogP contribution in [-0.2, 0) is 9.53 Å². The van der Waals surface area contributed by atoms with E-state index in [-0.39, 0.29) is 17.5 Å². The standard InChI is InChI=1S/C13H17N3O2/c1-8-5-10(12(17)18-13(2,3)4)16-11(8)9(6-14)7-15/h8,10,16H,5H2,1-4H3/t8-,10-/m0/s1. The van der Waals surface area contributed by atoms with E-state index in [2.05, 4.69) is 5.32 Å². The van der Waals surface area contributed by atoms with Gasteiger partial charge in [-0.3, -0.25) is 0 Å². The van der Waals surface area contributed by atoms with E-state index in [0.29, 0.717) is 12.1 Å². The highest BCUT2D eigenvalue weighted by atomic mass is 16.6. The first-order chi connectivity index (χ1) is 8.28. The Morgan fingerprint density at radius 3 is 2.39 bits per heavy atom. The molecule has 1 rings (SSSR count). The largest absolute Gasteiger partial charge is 0.458 e. The van der Waals surface area contributed by atoms with Gasteiger partial charge in [0.05, 0.1) is 0 Å². The van der Waals surface area contributed by atoms with Crippen molar-refractivity contribution in [3.8, 4) is 12.1 Å². The van der Waals surface area contributed by atoms with Crippen LogP contribution in [0.1, 0.15) is 34.1 Å². The number of nitrogens with zero attached hydrogens (tertiary/aromatic N) is 2. The molecule has 1 heterocycles. The minimum atomic E-state index is -0.540. The van der Waals surface area contributed by atoms with Crippen LogP contribution < -0.4 is 5.32 Å². The molecule has 1 N–H and O–H groups in total. The molecule has 1 fully saturated rings. The Balaban J connectivity index is 2.83. The predicted molar refractivity (Wildman–Crippen MR) is 64.8 cm³/mol. The minimum absolute atomic E-state index is 0.0168. The molecule has 1 saturated heterocycles. The molecule has 0 aliphatic carbocycles. The maximum Gasteiger partial charge on any atom is 0.329 e. The zero-order valence-electron chi connectivity index (χ0n) is 11.1. The molecule has 2 atom stereocenters. The highest BCUT2D eigenvalue weighted by molar-refractivity contribution is 5.77. The van der Waals surface area contributed by atoms with Crippen molar-refractivity contribution < 1.29 is 9.53 Å². The number of rotatable bonds is 1. The number of ether oxygens (including phenoxy) is 1. The van der Waals surface area contributed by atoms with Gasteiger partial charge in [-0.25, -0.2) is 4.79 Å². The fraction of sp³-hybridized carbons (Fsp3) is 0.615. The van der Waals surface area contributed by atoms with E-state index in [1.54, 1.807) is 20.8 Å². The molecular weight excluding hydrogens is 230 g/mol. The first kappa shape index (κ1) is 14.1. The summed E-state index contributed by atoms with van der Waals surface area (Å²) in [4.78, 5) is 11.9. The number of carbonyl (C=O) groups excluding carboxylic acids is 1. The summed E-state index contributed by atoms with van der Waals surface area (Å²) in [6.45, 7) is 7.28. The Labute approximate surface area is 107 Å². The van der Waals surface area contributed by atoms with E-state index in [4.69, 9.17) is 15.3 Å². The number of hydrogen-bond donors (Lipinski definition) is 1.